The number of hydrogen-bond acceptors (Lipinski definition) is 3. The van der Waals surface area contributed by atoms with Gasteiger partial charge < -0.3 is 15.4 Å². The quantitative estimate of drug-likeness (QED) is 0.858. The first-order chi connectivity index (χ1) is 10.8. The molecule has 0 saturated carbocycles. The second-order valence-corrected chi connectivity index (χ2v) is 5.49. The van der Waals surface area contributed by atoms with Gasteiger partial charge in [-0.2, -0.15) is 0 Å². The van der Waals surface area contributed by atoms with Crippen molar-refractivity contribution >= 4 is 5.91 Å². The molecule has 114 valence electrons. The molecule has 1 aliphatic rings. The van der Waals surface area contributed by atoms with Gasteiger partial charge in [-0.1, -0.05) is 42.5 Å². The van der Waals surface area contributed by atoms with Crippen LogP contribution in [0, 0.1) is 5.92 Å². The van der Waals surface area contributed by atoms with Crippen LogP contribution >= 0.6 is 0 Å². The van der Waals surface area contributed by atoms with E-state index in [0.717, 1.165) is 30.0 Å². The van der Waals surface area contributed by atoms with Gasteiger partial charge in [0.25, 0.3) is 0 Å². The fourth-order valence-corrected chi connectivity index (χ4v) is 2.25. The Labute approximate surface area is 130 Å². The first-order valence-corrected chi connectivity index (χ1v) is 7.55. The third kappa shape index (κ3) is 3.86. The van der Waals surface area contributed by atoms with E-state index in [-0.39, 0.29) is 11.8 Å². The molecule has 0 aliphatic carbocycles. The molecule has 1 aliphatic heterocycles. The standard InChI is InChI=1S/C18H20N2O2/c21-18(16-11-19-12-16)20-10-14-6-8-17(9-7-14)22-13-15-4-2-1-3-5-15/h1-9,16,19H,10-13H2,(H,20,21). The van der Waals surface area contributed by atoms with Crippen LogP contribution in [0.25, 0.3) is 0 Å². The number of amides is 1. The average molecular weight is 296 g/mol. The Hall–Kier alpha value is -2.33. The lowest BCUT2D eigenvalue weighted by Crippen LogP contribution is -2.50. The summed E-state index contributed by atoms with van der Waals surface area (Å²) < 4.78 is 5.74. The Morgan fingerprint density at radius 2 is 1.77 bits per heavy atom. The van der Waals surface area contributed by atoms with Gasteiger partial charge in [-0.25, -0.2) is 0 Å². The van der Waals surface area contributed by atoms with Crippen molar-refractivity contribution in [1.29, 1.82) is 0 Å². The minimum absolute atomic E-state index is 0.128. The summed E-state index contributed by atoms with van der Waals surface area (Å²) in [5.74, 6) is 1.10. The van der Waals surface area contributed by atoms with Gasteiger partial charge in [0.05, 0.1) is 5.92 Å². The highest BCUT2D eigenvalue weighted by Crippen LogP contribution is 2.14. The molecule has 0 atom stereocenters. The molecule has 1 amide bonds. The maximum Gasteiger partial charge on any atom is 0.225 e. The SMILES string of the molecule is O=C(NCc1ccc(OCc2ccccc2)cc1)C1CNC1. The van der Waals surface area contributed by atoms with E-state index < -0.39 is 0 Å². The van der Waals surface area contributed by atoms with Crippen LogP contribution in [-0.2, 0) is 17.9 Å². The first kappa shape index (κ1) is 14.6. The van der Waals surface area contributed by atoms with Crippen LogP contribution in [-0.4, -0.2) is 19.0 Å². The molecule has 3 rings (SSSR count). The van der Waals surface area contributed by atoms with Gasteiger partial charge in [-0.15, -0.1) is 0 Å². The summed E-state index contributed by atoms with van der Waals surface area (Å²) in [5, 5.41) is 6.06. The topological polar surface area (TPSA) is 50.4 Å². The van der Waals surface area contributed by atoms with Gasteiger partial charge in [-0.3, -0.25) is 4.79 Å². The monoisotopic (exact) mass is 296 g/mol. The van der Waals surface area contributed by atoms with E-state index in [4.69, 9.17) is 4.74 Å². The second kappa shape index (κ2) is 7.09. The summed E-state index contributed by atoms with van der Waals surface area (Å²) in [6.07, 6.45) is 0. The van der Waals surface area contributed by atoms with E-state index in [0.29, 0.717) is 13.2 Å². The van der Waals surface area contributed by atoms with E-state index in [1.165, 1.54) is 0 Å². The number of ether oxygens (including phenoxy) is 1. The molecule has 22 heavy (non-hydrogen) atoms. The minimum Gasteiger partial charge on any atom is -0.489 e. The molecular formula is C18H20N2O2. The van der Waals surface area contributed by atoms with Gasteiger partial charge in [0.1, 0.15) is 12.4 Å². The van der Waals surface area contributed by atoms with Gasteiger partial charge in [0.15, 0.2) is 0 Å². The van der Waals surface area contributed by atoms with Crippen molar-refractivity contribution in [2.45, 2.75) is 13.2 Å². The molecule has 0 radical (unpaired) electrons. The summed E-state index contributed by atoms with van der Waals surface area (Å²) in [6.45, 7) is 2.70. The number of rotatable bonds is 6. The maximum atomic E-state index is 11.7. The minimum atomic E-state index is 0.128. The van der Waals surface area contributed by atoms with Crippen molar-refractivity contribution in [2.24, 2.45) is 5.92 Å². The fourth-order valence-electron chi connectivity index (χ4n) is 2.25. The molecule has 4 heteroatoms. The Balaban J connectivity index is 1.46. The number of hydrogen-bond donors (Lipinski definition) is 2. The normalized spacial score (nSPS) is 14.2. The number of carbonyl (C=O) groups excluding carboxylic acids is 1. The zero-order valence-electron chi connectivity index (χ0n) is 12.4. The van der Waals surface area contributed by atoms with Gasteiger partial charge in [0.2, 0.25) is 5.91 Å². The summed E-state index contributed by atoms with van der Waals surface area (Å²) >= 11 is 0. The van der Waals surface area contributed by atoms with E-state index >= 15 is 0 Å². The zero-order valence-corrected chi connectivity index (χ0v) is 12.4. The van der Waals surface area contributed by atoms with Crippen molar-refractivity contribution in [2.75, 3.05) is 13.1 Å². The summed E-state index contributed by atoms with van der Waals surface area (Å²) in [4.78, 5) is 11.7. The smallest absolute Gasteiger partial charge is 0.225 e. The number of nitrogens with one attached hydrogen (secondary N) is 2. The van der Waals surface area contributed by atoms with Crippen LogP contribution in [0.15, 0.2) is 54.6 Å². The molecule has 1 saturated heterocycles. The largest absolute Gasteiger partial charge is 0.489 e. The van der Waals surface area contributed by atoms with Gasteiger partial charge >= 0.3 is 0 Å². The zero-order chi connectivity index (χ0) is 15.2. The molecule has 1 heterocycles. The third-order valence-corrected chi connectivity index (χ3v) is 3.79. The number of benzene rings is 2. The molecule has 0 aromatic heterocycles. The van der Waals surface area contributed by atoms with Gasteiger partial charge in [-0.05, 0) is 23.3 Å². The lowest BCUT2D eigenvalue weighted by Gasteiger charge is -2.25. The highest BCUT2D eigenvalue weighted by atomic mass is 16.5. The first-order valence-electron chi connectivity index (χ1n) is 7.55. The van der Waals surface area contributed by atoms with Crippen molar-refractivity contribution in [1.82, 2.24) is 10.6 Å². The second-order valence-electron chi connectivity index (χ2n) is 5.49. The van der Waals surface area contributed by atoms with E-state index in [9.17, 15) is 4.79 Å². The molecule has 2 aromatic carbocycles. The van der Waals surface area contributed by atoms with Crippen LogP contribution in [0.5, 0.6) is 5.75 Å². The molecular weight excluding hydrogens is 276 g/mol. The van der Waals surface area contributed by atoms with Crippen molar-refractivity contribution in [3.05, 3.63) is 65.7 Å². The molecule has 2 N–H and O–H groups in total. The molecule has 0 unspecified atom stereocenters. The van der Waals surface area contributed by atoms with Gasteiger partial charge in [0, 0.05) is 19.6 Å². The molecule has 2 aromatic rings. The molecule has 0 spiro atoms. The Morgan fingerprint density at radius 1 is 1.05 bits per heavy atom. The van der Waals surface area contributed by atoms with E-state index in [1.54, 1.807) is 0 Å². The summed E-state index contributed by atoms with van der Waals surface area (Å²) in [6, 6.07) is 17.9. The highest BCUT2D eigenvalue weighted by Gasteiger charge is 2.24. The number of carbonyl (C=O) groups is 1. The van der Waals surface area contributed by atoms with E-state index in [1.807, 2.05) is 54.6 Å². The Morgan fingerprint density at radius 3 is 2.41 bits per heavy atom. The third-order valence-electron chi connectivity index (χ3n) is 3.79. The van der Waals surface area contributed by atoms with Crippen molar-refractivity contribution in [3.8, 4) is 5.75 Å². The predicted octanol–water partition coefficient (Wildman–Crippen LogP) is 2.10. The summed E-state index contributed by atoms with van der Waals surface area (Å²) in [5.41, 5.74) is 2.22. The van der Waals surface area contributed by atoms with E-state index in [2.05, 4.69) is 10.6 Å². The Kier molecular flexibility index (Phi) is 4.71. The van der Waals surface area contributed by atoms with Crippen LogP contribution in [0.2, 0.25) is 0 Å². The van der Waals surface area contributed by atoms with Crippen molar-refractivity contribution < 1.29 is 9.53 Å². The fraction of sp³-hybridized carbons (Fsp3) is 0.278. The lowest BCUT2D eigenvalue weighted by atomic mass is 10.0. The van der Waals surface area contributed by atoms with Crippen molar-refractivity contribution in [3.63, 3.8) is 0 Å². The van der Waals surface area contributed by atoms with Crippen LogP contribution in [0.1, 0.15) is 11.1 Å². The summed E-state index contributed by atoms with van der Waals surface area (Å²) in [7, 11) is 0. The average Bonchev–Trinajstić information content (AvgIpc) is 2.51. The highest BCUT2D eigenvalue weighted by molar-refractivity contribution is 5.79. The Bertz CT molecular complexity index is 607. The molecule has 1 fully saturated rings. The predicted molar refractivity (Wildman–Crippen MR) is 85.4 cm³/mol. The van der Waals surface area contributed by atoms with Crippen LogP contribution in [0.4, 0.5) is 0 Å². The van der Waals surface area contributed by atoms with Crippen LogP contribution < -0.4 is 15.4 Å². The molecule has 4 nitrogen and oxygen atoms in total. The lowest BCUT2D eigenvalue weighted by molar-refractivity contribution is -0.126. The molecule has 0 bridgehead atoms. The maximum absolute atomic E-state index is 11.7. The van der Waals surface area contributed by atoms with Crippen LogP contribution in [0.3, 0.4) is 0 Å².